The van der Waals surface area contributed by atoms with Gasteiger partial charge in [0, 0.05) is 39.0 Å². The predicted octanol–water partition coefficient (Wildman–Crippen LogP) is 2.97. The summed E-state index contributed by atoms with van der Waals surface area (Å²) in [5.74, 6) is 0. The van der Waals surface area contributed by atoms with Crippen LogP contribution in [0, 0.1) is 0 Å². The molecule has 0 amide bonds. The average Bonchev–Trinajstić information content (AvgIpc) is 2.45. The fraction of sp³-hybridized carbons (Fsp3) is 0.647. The van der Waals surface area contributed by atoms with Gasteiger partial charge >= 0.3 is 0 Å². The molecule has 1 aromatic carbocycles. The van der Waals surface area contributed by atoms with E-state index in [1.54, 1.807) is 7.11 Å². The molecule has 0 radical (unpaired) electrons. The largest absolute Gasteiger partial charge is 0.383 e. The van der Waals surface area contributed by atoms with Crippen LogP contribution in [0.2, 0.25) is 0 Å². The number of rotatable bonds is 7. The van der Waals surface area contributed by atoms with E-state index in [9.17, 15) is 0 Å². The van der Waals surface area contributed by atoms with Crippen molar-refractivity contribution in [2.45, 2.75) is 45.2 Å². The van der Waals surface area contributed by atoms with E-state index in [0.717, 1.165) is 13.2 Å². The van der Waals surface area contributed by atoms with Crippen molar-refractivity contribution in [2.75, 3.05) is 32.2 Å². The zero-order valence-corrected chi connectivity index (χ0v) is 13.1. The minimum atomic E-state index is 0.462. The first kappa shape index (κ1) is 15.3. The number of methoxy groups -OCH3 is 1. The summed E-state index contributed by atoms with van der Waals surface area (Å²) in [5, 5.41) is 3.62. The summed E-state index contributed by atoms with van der Waals surface area (Å²) in [7, 11) is 3.96. The van der Waals surface area contributed by atoms with E-state index in [1.807, 2.05) is 0 Å². The number of fused-ring (bicyclic) bond motifs is 1. The van der Waals surface area contributed by atoms with E-state index in [4.69, 9.17) is 4.74 Å². The van der Waals surface area contributed by atoms with Crippen molar-refractivity contribution < 1.29 is 4.74 Å². The molecular formula is C17H28N2O. The van der Waals surface area contributed by atoms with Gasteiger partial charge in [0.15, 0.2) is 0 Å². The lowest BCUT2D eigenvalue weighted by Crippen LogP contribution is -2.32. The van der Waals surface area contributed by atoms with Crippen molar-refractivity contribution in [2.24, 2.45) is 0 Å². The minimum Gasteiger partial charge on any atom is -0.383 e. The Morgan fingerprint density at radius 3 is 3.00 bits per heavy atom. The summed E-state index contributed by atoms with van der Waals surface area (Å²) in [4.78, 5) is 2.36. The van der Waals surface area contributed by atoms with Crippen LogP contribution in [0.4, 0.5) is 5.69 Å². The molecule has 20 heavy (non-hydrogen) atoms. The van der Waals surface area contributed by atoms with E-state index >= 15 is 0 Å². The van der Waals surface area contributed by atoms with Crippen LogP contribution in [0.15, 0.2) is 18.2 Å². The number of nitrogens with one attached hydrogen (secondary N) is 1. The fourth-order valence-corrected chi connectivity index (χ4v) is 3.00. The fourth-order valence-electron chi connectivity index (χ4n) is 3.00. The highest BCUT2D eigenvalue weighted by molar-refractivity contribution is 5.56. The molecule has 1 heterocycles. The molecule has 0 aliphatic carbocycles. The molecule has 112 valence electrons. The van der Waals surface area contributed by atoms with Crippen LogP contribution in [0.3, 0.4) is 0 Å². The molecular weight excluding hydrogens is 248 g/mol. The molecule has 1 N–H and O–H groups in total. The second-order valence-electron chi connectivity index (χ2n) is 5.81. The van der Waals surface area contributed by atoms with Crippen molar-refractivity contribution in [3.63, 3.8) is 0 Å². The second-order valence-corrected chi connectivity index (χ2v) is 5.81. The zero-order valence-electron chi connectivity index (χ0n) is 13.1. The van der Waals surface area contributed by atoms with Gasteiger partial charge in [-0.2, -0.15) is 0 Å². The van der Waals surface area contributed by atoms with E-state index in [2.05, 4.69) is 42.4 Å². The van der Waals surface area contributed by atoms with Gasteiger partial charge in [-0.1, -0.05) is 25.5 Å². The van der Waals surface area contributed by atoms with Crippen molar-refractivity contribution in [1.29, 1.82) is 0 Å². The Morgan fingerprint density at radius 2 is 2.25 bits per heavy atom. The van der Waals surface area contributed by atoms with Gasteiger partial charge in [0.1, 0.15) is 0 Å². The third kappa shape index (κ3) is 3.97. The summed E-state index contributed by atoms with van der Waals surface area (Å²) >= 11 is 0. The van der Waals surface area contributed by atoms with Gasteiger partial charge in [-0.15, -0.1) is 0 Å². The van der Waals surface area contributed by atoms with Gasteiger partial charge in [0.2, 0.25) is 0 Å². The lowest BCUT2D eigenvalue weighted by Gasteiger charge is -2.28. The van der Waals surface area contributed by atoms with Crippen LogP contribution in [0.25, 0.3) is 0 Å². The third-order valence-corrected chi connectivity index (χ3v) is 4.09. The number of hydrogen-bond acceptors (Lipinski definition) is 3. The van der Waals surface area contributed by atoms with Crippen LogP contribution < -0.4 is 10.2 Å². The van der Waals surface area contributed by atoms with E-state index in [1.165, 1.54) is 49.0 Å². The first-order valence-corrected chi connectivity index (χ1v) is 7.79. The van der Waals surface area contributed by atoms with Gasteiger partial charge < -0.3 is 15.0 Å². The topological polar surface area (TPSA) is 24.5 Å². The van der Waals surface area contributed by atoms with Crippen LogP contribution >= 0.6 is 0 Å². The van der Waals surface area contributed by atoms with Crippen molar-refractivity contribution in [1.82, 2.24) is 5.32 Å². The van der Waals surface area contributed by atoms with Gasteiger partial charge in [-0.25, -0.2) is 0 Å². The number of ether oxygens (including phenoxy) is 1. The average molecular weight is 276 g/mol. The van der Waals surface area contributed by atoms with Gasteiger partial charge in [0.05, 0.1) is 6.61 Å². The van der Waals surface area contributed by atoms with Crippen LogP contribution in [-0.4, -0.2) is 33.4 Å². The normalized spacial score (nSPS) is 16.1. The maximum atomic E-state index is 5.28. The first-order valence-electron chi connectivity index (χ1n) is 7.79. The summed E-state index contributed by atoms with van der Waals surface area (Å²) < 4.78 is 5.28. The number of benzene rings is 1. The molecule has 1 aliphatic heterocycles. The van der Waals surface area contributed by atoms with Gasteiger partial charge in [0.25, 0.3) is 0 Å². The molecule has 0 bridgehead atoms. The summed E-state index contributed by atoms with van der Waals surface area (Å²) in [5.41, 5.74) is 4.29. The molecule has 3 nitrogen and oxygen atoms in total. The maximum Gasteiger partial charge on any atom is 0.0615 e. The molecule has 2 rings (SSSR count). The molecule has 1 atom stereocenters. The van der Waals surface area contributed by atoms with Crippen LogP contribution in [0.5, 0.6) is 0 Å². The molecule has 0 saturated heterocycles. The Hall–Kier alpha value is -1.06. The summed E-state index contributed by atoms with van der Waals surface area (Å²) in [6.45, 7) is 5.13. The zero-order chi connectivity index (χ0) is 14.4. The Balaban J connectivity index is 1.96. The van der Waals surface area contributed by atoms with Crippen LogP contribution in [0.1, 0.15) is 37.3 Å². The molecule has 0 fully saturated rings. The molecule has 1 unspecified atom stereocenters. The lowest BCUT2D eigenvalue weighted by atomic mass is 9.99. The SMILES string of the molecule is CCCC(COC)NCc1ccc2c(c1)CCCN2C. The van der Waals surface area contributed by atoms with E-state index < -0.39 is 0 Å². The number of hydrogen-bond donors (Lipinski definition) is 1. The van der Waals surface area contributed by atoms with E-state index in [0.29, 0.717) is 6.04 Å². The second kappa shape index (κ2) is 7.65. The highest BCUT2D eigenvalue weighted by Crippen LogP contribution is 2.26. The van der Waals surface area contributed by atoms with Gasteiger partial charge in [-0.3, -0.25) is 0 Å². The monoisotopic (exact) mass is 276 g/mol. The van der Waals surface area contributed by atoms with Crippen molar-refractivity contribution in [3.05, 3.63) is 29.3 Å². The summed E-state index contributed by atoms with van der Waals surface area (Å²) in [6, 6.07) is 7.36. The van der Waals surface area contributed by atoms with Gasteiger partial charge in [-0.05, 0) is 36.5 Å². The quantitative estimate of drug-likeness (QED) is 0.828. The maximum absolute atomic E-state index is 5.28. The Bertz CT molecular complexity index is 413. The van der Waals surface area contributed by atoms with Crippen molar-refractivity contribution >= 4 is 5.69 Å². The summed E-state index contributed by atoms with van der Waals surface area (Å²) in [6.07, 6.45) is 4.84. The third-order valence-electron chi connectivity index (χ3n) is 4.09. The number of aryl methyl sites for hydroxylation is 1. The molecule has 1 aromatic rings. The predicted molar refractivity (Wildman–Crippen MR) is 85.4 cm³/mol. The standard InChI is InChI=1S/C17H28N2O/c1-4-6-16(13-20-3)18-12-14-8-9-17-15(11-14)7-5-10-19(17)2/h8-9,11,16,18H,4-7,10,12-13H2,1-3H3. The molecule has 0 spiro atoms. The first-order chi connectivity index (χ1) is 9.74. The molecule has 1 aliphatic rings. The molecule has 0 aromatic heterocycles. The highest BCUT2D eigenvalue weighted by atomic mass is 16.5. The number of nitrogens with zero attached hydrogens (tertiary/aromatic N) is 1. The minimum absolute atomic E-state index is 0.462. The Morgan fingerprint density at radius 1 is 1.40 bits per heavy atom. The molecule has 0 saturated carbocycles. The van der Waals surface area contributed by atoms with Crippen LogP contribution in [-0.2, 0) is 17.7 Å². The highest BCUT2D eigenvalue weighted by Gasteiger charge is 2.14. The lowest BCUT2D eigenvalue weighted by molar-refractivity contribution is 0.161. The Kier molecular flexibility index (Phi) is 5.86. The van der Waals surface area contributed by atoms with E-state index in [-0.39, 0.29) is 0 Å². The Labute approximate surface area is 123 Å². The molecule has 3 heteroatoms. The van der Waals surface area contributed by atoms with Crippen molar-refractivity contribution in [3.8, 4) is 0 Å². The smallest absolute Gasteiger partial charge is 0.0615 e. The number of anilines is 1.